The van der Waals surface area contributed by atoms with E-state index in [1.165, 1.54) is 28.3 Å². The molecule has 2 amide bonds. The molecule has 238 valence electrons. The molecule has 0 spiro atoms. The third kappa shape index (κ3) is 7.09. The maximum Gasteiger partial charge on any atom is 0.435 e. The number of likely N-dealkylation sites (tertiary alicyclic amines) is 1. The van der Waals surface area contributed by atoms with Crippen molar-refractivity contribution >= 4 is 23.3 Å². The van der Waals surface area contributed by atoms with Gasteiger partial charge in [-0.1, -0.05) is 30.3 Å². The zero-order valence-corrected chi connectivity index (χ0v) is 26.5. The number of benzene rings is 1. The summed E-state index contributed by atoms with van der Waals surface area (Å²) in [6, 6.07) is 10.5. The van der Waals surface area contributed by atoms with Crippen LogP contribution >= 0.6 is 11.3 Å². The number of hydrogen-bond donors (Lipinski definition) is 0. The van der Waals surface area contributed by atoms with E-state index in [1.54, 1.807) is 53.1 Å². The van der Waals surface area contributed by atoms with Gasteiger partial charge in [0.05, 0.1) is 12.6 Å². The lowest BCUT2D eigenvalue weighted by Gasteiger charge is -2.36. The number of aromatic nitrogens is 2. The quantitative estimate of drug-likeness (QED) is 0.273. The van der Waals surface area contributed by atoms with Crippen LogP contribution < -0.4 is 0 Å². The minimum absolute atomic E-state index is 0.0277. The van der Waals surface area contributed by atoms with Gasteiger partial charge in [-0.25, -0.2) is 4.79 Å². The molecule has 1 unspecified atom stereocenters. The molecular weight excluding hydrogens is 603 g/mol. The van der Waals surface area contributed by atoms with Gasteiger partial charge in [0.25, 0.3) is 0 Å². The molecule has 45 heavy (non-hydrogen) atoms. The Balaban J connectivity index is 1.48. The van der Waals surface area contributed by atoms with Gasteiger partial charge in [-0.15, -0.1) is 11.3 Å². The van der Waals surface area contributed by atoms with Crippen LogP contribution in [-0.4, -0.2) is 56.3 Å². The molecule has 5 rings (SSSR count). The first-order chi connectivity index (χ1) is 21.3. The Morgan fingerprint density at radius 1 is 1.16 bits per heavy atom. The van der Waals surface area contributed by atoms with Crippen molar-refractivity contribution in [3.05, 3.63) is 75.3 Å². The number of rotatable bonds is 5. The van der Waals surface area contributed by atoms with E-state index in [0.29, 0.717) is 29.0 Å². The van der Waals surface area contributed by atoms with Gasteiger partial charge in [-0.05, 0) is 69.7 Å². The first kappa shape index (κ1) is 32.3. The number of hydrogen-bond acceptors (Lipinski definition) is 6. The summed E-state index contributed by atoms with van der Waals surface area (Å²) in [6.45, 7) is 8.44. The Morgan fingerprint density at radius 2 is 1.91 bits per heavy atom. The highest BCUT2D eigenvalue weighted by Gasteiger charge is 2.39. The predicted molar refractivity (Wildman–Crippen MR) is 164 cm³/mol. The molecule has 2 atom stereocenters. The molecule has 8 nitrogen and oxygen atoms in total. The molecule has 1 fully saturated rings. The Morgan fingerprint density at radius 3 is 2.60 bits per heavy atom. The number of fused-ring (bicyclic) bond motifs is 1. The zero-order valence-electron chi connectivity index (χ0n) is 25.7. The van der Waals surface area contributed by atoms with Crippen molar-refractivity contribution in [2.45, 2.75) is 83.8 Å². The lowest BCUT2D eigenvalue weighted by Crippen LogP contribution is -2.45. The average molecular weight is 640 g/mol. The van der Waals surface area contributed by atoms with Gasteiger partial charge in [-0.2, -0.15) is 23.5 Å². The number of nitrogens with zero attached hydrogens (tertiary/aromatic N) is 5. The van der Waals surface area contributed by atoms with Crippen molar-refractivity contribution in [2.24, 2.45) is 0 Å². The van der Waals surface area contributed by atoms with Gasteiger partial charge in [0.1, 0.15) is 16.5 Å². The minimum Gasteiger partial charge on any atom is -0.444 e. The van der Waals surface area contributed by atoms with Gasteiger partial charge in [0, 0.05) is 48.3 Å². The van der Waals surface area contributed by atoms with Crippen LogP contribution in [0, 0.1) is 11.3 Å². The van der Waals surface area contributed by atoms with Crippen molar-refractivity contribution in [3.8, 4) is 17.2 Å². The van der Waals surface area contributed by atoms with Crippen molar-refractivity contribution in [2.75, 3.05) is 13.1 Å². The molecule has 2 aliphatic rings. The van der Waals surface area contributed by atoms with Gasteiger partial charge in [-0.3, -0.25) is 9.48 Å². The maximum atomic E-state index is 14.1. The van der Waals surface area contributed by atoms with E-state index in [4.69, 9.17) is 4.74 Å². The van der Waals surface area contributed by atoms with Crippen molar-refractivity contribution in [3.63, 3.8) is 0 Å². The smallest absolute Gasteiger partial charge is 0.435 e. The fourth-order valence-electron chi connectivity index (χ4n) is 5.95. The highest BCUT2D eigenvalue weighted by Crippen LogP contribution is 2.44. The van der Waals surface area contributed by atoms with E-state index < -0.39 is 29.5 Å². The molecule has 0 aliphatic carbocycles. The van der Waals surface area contributed by atoms with Crippen LogP contribution in [0.2, 0.25) is 0 Å². The number of alkyl halides is 3. The number of amides is 2. The maximum absolute atomic E-state index is 14.1. The van der Waals surface area contributed by atoms with Crippen LogP contribution in [-0.2, 0) is 28.8 Å². The van der Waals surface area contributed by atoms with E-state index in [9.17, 15) is 28.0 Å². The van der Waals surface area contributed by atoms with Gasteiger partial charge in [0.15, 0.2) is 5.69 Å². The normalized spacial score (nSPS) is 19.0. The molecule has 0 radical (unpaired) electrons. The minimum atomic E-state index is -4.66. The van der Waals surface area contributed by atoms with E-state index in [2.05, 4.69) is 11.2 Å². The van der Waals surface area contributed by atoms with Gasteiger partial charge in [0.2, 0.25) is 5.91 Å². The first-order valence-electron chi connectivity index (χ1n) is 15.0. The highest BCUT2D eigenvalue weighted by molar-refractivity contribution is 7.12. The molecular formula is C33H36F3N5O3S. The number of carbonyl (C=O) groups is 2. The Labute approximate surface area is 264 Å². The summed E-state index contributed by atoms with van der Waals surface area (Å²) in [4.78, 5) is 31.1. The molecule has 2 aromatic heterocycles. The third-order valence-corrected chi connectivity index (χ3v) is 9.04. The molecule has 1 saturated heterocycles. The Kier molecular flexibility index (Phi) is 9.12. The van der Waals surface area contributed by atoms with Gasteiger partial charge < -0.3 is 14.5 Å². The van der Waals surface area contributed by atoms with E-state index in [-0.39, 0.29) is 37.1 Å². The summed E-state index contributed by atoms with van der Waals surface area (Å²) in [5.74, 6) is -0.751. The van der Waals surface area contributed by atoms with Crippen LogP contribution in [0.5, 0.6) is 0 Å². The van der Waals surface area contributed by atoms with Crippen molar-refractivity contribution in [1.82, 2.24) is 19.6 Å². The molecule has 4 heterocycles. The number of piperidine rings is 1. The molecule has 1 aromatic carbocycles. The predicted octanol–water partition coefficient (Wildman–Crippen LogP) is 7.34. The number of aryl methyl sites for hydroxylation is 1. The molecule has 0 N–H and O–H groups in total. The highest BCUT2D eigenvalue weighted by atomic mass is 32.1. The Hall–Kier alpha value is -4.11. The third-order valence-electron chi connectivity index (χ3n) is 8.00. The fourth-order valence-corrected chi connectivity index (χ4v) is 6.98. The summed E-state index contributed by atoms with van der Waals surface area (Å²) >= 11 is 1.28. The van der Waals surface area contributed by atoms with E-state index >= 15 is 0 Å². The summed E-state index contributed by atoms with van der Waals surface area (Å²) in [5.41, 5.74) is 0.192. The summed E-state index contributed by atoms with van der Waals surface area (Å²) in [5, 5.41) is 13.5. The first-order valence-corrected chi connectivity index (χ1v) is 15.8. The summed E-state index contributed by atoms with van der Waals surface area (Å²) < 4.78 is 49.2. The van der Waals surface area contributed by atoms with Crippen LogP contribution in [0.4, 0.5) is 18.0 Å². The second kappa shape index (κ2) is 12.7. The lowest BCUT2D eigenvalue weighted by atomic mass is 9.83. The zero-order chi connectivity index (χ0) is 32.5. The summed E-state index contributed by atoms with van der Waals surface area (Å²) in [6.07, 6.45) is 2.01. The summed E-state index contributed by atoms with van der Waals surface area (Å²) in [7, 11) is 0. The second-order valence-corrected chi connectivity index (χ2v) is 13.4. The monoisotopic (exact) mass is 639 g/mol. The Bertz CT molecular complexity index is 1650. The molecule has 3 aromatic rings. The van der Waals surface area contributed by atoms with Crippen LogP contribution in [0.25, 0.3) is 11.1 Å². The topological polar surface area (TPSA) is 91.5 Å². The van der Waals surface area contributed by atoms with E-state index in [1.807, 2.05) is 20.8 Å². The van der Waals surface area contributed by atoms with Gasteiger partial charge >= 0.3 is 12.3 Å². The fraction of sp³-hybridized carbons (Fsp3) is 0.455. The second-order valence-electron chi connectivity index (χ2n) is 12.3. The number of carbonyl (C=O) groups excluding carboxylic acids is 2. The number of nitriles is 1. The number of halogens is 3. The molecule has 0 bridgehead atoms. The SMILES string of the molecule is CCn1cc(-c2ccccc2[C@@H]2CN(C(=O)/C=C/C3CCCCN3C(=O)OC(C)(C)C)Cc3sc(C#N)cc32)c(C(F)(F)F)n1. The van der Waals surface area contributed by atoms with Crippen molar-refractivity contribution < 1.29 is 27.5 Å². The average Bonchev–Trinajstić information content (AvgIpc) is 3.63. The molecule has 2 aliphatic heterocycles. The largest absolute Gasteiger partial charge is 0.444 e. The lowest BCUT2D eigenvalue weighted by molar-refractivity contribution is -0.141. The van der Waals surface area contributed by atoms with Crippen LogP contribution in [0.3, 0.4) is 0 Å². The van der Waals surface area contributed by atoms with Crippen LogP contribution in [0.1, 0.15) is 79.5 Å². The van der Waals surface area contributed by atoms with E-state index in [0.717, 1.165) is 23.3 Å². The molecule has 12 heteroatoms. The van der Waals surface area contributed by atoms with Crippen LogP contribution in [0.15, 0.2) is 48.7 Å². The standard InChI is InChI=1S/C33H36F3N5O3S/c1-5-40-19-27(30(38-40)33(34,35)36)24-12-7-6-11-23(24)26-18-39(20-28-25(26)16-22(17-37)45-28)29(42)14-13-21-10-8-9-15-41(21)31(43)44-32(2,3)4/h6-7,11-14,16,19,21,26H,5,8-10,15,18,20H2,1-4H3/b14-13+/t21?,26-/m0/s1. The number of thiophene rings is 1. The van der Waals surface area contributed by atoms with Crippen molar-refractivity contribution in [1.29, 1.82) is 5.26 Å². The number of ether oxygens (including phenoxy) is 1. The molecule has 0 saturated carbocycles.